The van der Waals surface area contributed by atoms with Crippen LogP contribution < -0.4 is 0 Å². The van der Waals surface area contributed by atoms with Crippen molar-refractivity contribution in [3.8, 4) is 0 Å². The summed E-state index contributed by atoms with van der Waals surface area (Å²) in [6, 6.07) is 15.0. The molecule has 5 nitrogen and oxygen atoms in total. The molecule has 2 aliphatic rings. The highest BCUT2D eigenvalue weighted by Crippen LogP contribution is 2.45. The molecular formula is C24H22Cl2N2O3. The number of rotatable bonds is 5. The van der Waals surface area contributed by atoms with Crippen LogP contribution in [0.15, 0.2) is 64.8 Å². The van der Waals surface area contributed by atoms with Crippen LogP contribution in [-0.2, 0) is 20.9 Å². The van der Waals surface area contributed by atoms with E-state index in [1.54, 1.807) is 30.9 Å². The number of halogens is 2. The van der Waals surface area contributed by atoms with E-state index in [0.29, 0.717) is 34.5 Å². The van der Waals surface area contributed by atoms with Crippen molar-refractivity contribution in [2.45, 2.75) is 26.3 Å². The van der Waals surface area contributed by atoms with Crippen LogP contribution in [-0.4, -0.2) is 35.6 Å². The number of carbonyl (C=O) groups excluding carboxylic acids is 2. The van der Waals surface area contributed by atoms with Crippen LogP contribution >= 0.6 is 23.2 Å². The number of carbonyl (C=O) groups is 2. The minimum absolute atomic E-state index is 0.143. The van der Waals surface area contributed by atoms with E-state index < -0.39 is 11.8 Å². The first-order valence-electron chi connectivity index (χ1n) is 10.1. The summed E-state index contributed by atoms with van der Waals surface area (Å²) in [4.78, 5) is 32.4. The van der Waals surface area contributed by atoms with Crippen molar-refractivity contribution < 1.29 is 14.3 Å². The van der Waals surface area contributed by atoms with Gasteiger partial charge in [-0.2, -0.15) is 0 Å². The van der Waals surface area contributed by atoms with Crippen LogP contribution in [0.5, 0.6) is 0 Å². The Labute approximate surface area is 191 Å². The molecule has 2 aromatic rings. The van der Waals surface area contributed by atoms with Gasteiger partial charge in [0.25, 0.3) is 5.91 Å². The van der Waals surface area contributed by atoms with Crippen LogP contribution in [0.25, 0.3) is 0 Å². The summed E-state index contributed by atoms with van der Waals surface area (Å²) in [6.45, 7) is 4.62. The maximum atomic E-state index is 13.2. The molecule has 2 aliphatic heterocycles. The molecule has 0 bridgehead atoms. The first kappa shape index (κ1) is 21.6. The molecule has 4 rings (SSSR count). The fourth-order valence-corrected chi connectivity index (χ4v) is 4.81. The van der Waals surface area contributed by atoms with Gasteiger partial charge in [0.05, 0.1) is 6.61 Å². The Hall–Kier alpha value is -2.63. The number of hydrogen-bond donors (Lipinski definition) is 0. The van der Waals surface area contributed by atoms with Gasteiger partial charge in [0.2, 0.25) is 0 Å². The number of ether oxygens (including phenoxy) is 1. The van der Waals surface area contributed by atoms with Gasteiger partial charge < -0.3 is 9.64 Å². The third-order valence-electron chi connectivity index (χ3n) is 5.66. The summed E-state index contributed by atoms with van der Waals surface area (Å²) in [6.07, 6.45) is 0. The quantitative estimate of drug-likeness (QED) is 0.592. The summed E-state index contributed by atoms with van der Waals surface area (Å²) in [5.74, 6) is -1.61. The lowest BCUT2D eigenvalue weighted by molar-refractivity contribution is -0.146. The molecule has 2 heterocycles. The molecule has 2 atom stereocenters. The highest BCUT2D eigenvalue weighted by atomic mass is 35.5. The zero-order valence-electron chi connectivity index (χ0n) is 17.3. The smallest absolute Gasteiger partial charge is 0.315 e. The Kier molecular flexibility index (Phi) is 6.17. The Bertz CT molecular complexity index is 1100. The minimum atomic E-state index is -0.651. The lowest BCUT2D eigenvalue weighted by atomic mass is 9.76. The number of hydrogen-bond acceptors (Lipinski definition) is 4. The van der Waals surface area contributed by atoms with Crippen molar-refractivity contribution in [1.29, 1.82) is 0 Å². The second-order valence-electron chi connectivity index (χ2n) is 7.65. The second kappa shape index (κ2) is 8.85. The van der Waals surface area contributed by atoms with Gasteiger partial charge in [-0.15, -0.1) is 0 Å². The molecule has 7 heteroatoms. The Morgan fingerprint density at radius 1 is 1.19 bits per heavy atom. The summed E-state index contributed by atoms with van der Waals surface area (Å²) in [7, 11) is 0. The monoisotopic (exact) mass is 456 g/mol. The van der Waals surface area contributed by atoms with E-state index in [-0.39, 0.29) is 18.5 Å². The summed E-state index contributed by atoms with van der Waals surface area (Å²) < 4.78 is 5.35. The molecular weight excluding hydrogens is 435 g/mol. The molecule has 31 heavy (non-hydrogen) atoms. The van der Waals surface area contributed by atoms with Crippen LogP contribution in [0.3, 0.4) is 0 Å². The predicted molar refractivity (Wildman–Crippen MR) is 121 cm³/mol. The fraction of sp³-hybridized carbons (Fsp3) is 0.292. The van der Waals surface area contributed by atoms with Gasteiger partial charge in [-0.25, -0.2) is 0 Å². The molecule has 0 saturated heterocycles. The van der Waals surface area contributed by atoms with E-state index in [2.05, 4.69) is 4.99 Å². The lowest BCUT2D eigenvalue weighted by Crippen LogP contribution is -2.35. The standard InChI is InChI=1S/C24H22Cl2N2O3/c1-3-31-24(30)20-14(2)27-22-18(21(20)17-10-9-16(25)11-19(17)26)13-28(23(22)29)12-15-7-5-4-6-8-15/h4-11,20-21H,3,12-13H2,1-2H3. The van der Waals surface area contributed by atoms with Crippen molar-refractivity contribution in [3.63, 3.8) is 0 Å². The molecule has 2 unspecified atom stereocenters. The van der Waals surface area contributed by atoms with Gasteiger partial charge in [-0.05, 0) is 42.7 Å². The number of benzene rings is 2. The molecule has 1 amide bonds. The normalized spacial score (nSPS) is 20.6. The number of amides is 1. The lowest BCUT2D eigenvalue weighted by Gasteiger charge is -2.31. The van der Waals surface area contributed by atoms with Gasteiger partial charge >= 0.3 is 5.97 Å². The molecule has 0 aliphatic carbocycles. The van der Waals surface area contributed by atoms with Gasteiger partial charge in [-0.1, -0.05) is 59.6 Å². The zero-order valence-corrected chi connectivity index (χ0v) is 18.8. The Morgan fingerprint density at radius 2 is 1.94 bits per heavy atom. The molecule has 0 aromatic heterocycles. The summed E-state index contributed by atoms with van der Waals surface area (Å²) >= 11 is 12.7. The largest absolute Gasteiger partial charge is 0.465 e. The highest BCUT2D eigenvalue weighted by molar-refractivity contribution is 6.35. The molecule has 0 saturated carbocycles. The Balaban J connectivity index is 1.76. The number of esters is 1. The van der Waals surface area contributed by atoms with Crippen molar-refractivity contribution in [1.82, 2.24) is 4.90 Å². The first-order valence-corrected chi connectivity index (χ1v) is 10.9. The van der Waals surface area contributed by atoms with Crippen LogP contribution in [0.2, 0.25) is 10.0 Å². The summed E-state index contributed by atoms with van der Waals surface area (Å²) in [5, 5.41) is 0.951. The predicted octanol–water partition coefficient (Wildman–Crippen LogP) is 5.03. The Morgan fingerprint density at radius 3 is 2.61 bits per heavy atom. The van der Waals surface area contributed by atoms with Crippen molar-refractivity contribution in [3.05, 3.63) is 81.0 Å². The van der Waals surface area contributed by atoms with E-state index in [1.807, 2.05) is 36.4 Å². The maximum Gasteiger partial charge on any atom is 0.315 e. The molecule has 2 aromatic carbocycles. The average Bonchev–Trinajstić information content (AvgIpc) is 3.03. The van der Waals surface area contributed by atoms with E-state index in [4.69, 9.17) is 27.9 Å². The third kappa shape index (κ3) is 4.12. The minimum Gasteiger partial charge on any atom is -0.465 e. The van der Waals surface area contributed by atoms with E-state index >= 15 is 0 Å². The van der Waals surface area contributed by atoms with Gasteiger partial charge in [0, 0.05) is 34.8 Å². The maximum absolute atomic E-state index is 13.2. The zero-order chi connectivity index (χ0) is 22.1. The molecule has 0 fully saturated rings. The first-order chi connectivity index (χ1) is 14.9. The van der Waals surface area contributed by atoms with Gasteiger partial charge in [0.1, 0.15) is 11.6 Å². The average molecular weight is 457 g/mol. The topological polar surface area (TPSA) is 59.0 Å². The molecule has 0 radical (unpaired) electrons. The molecule has 0 N–H and O–H groups in total. The van der Waals surface area contributed by atoms with Gasteiger partial charge in [0.15, 0.2) is 0 Å². The third-order valence-corrected chi connectivity index (χ3v) is 6.22. The van der Waals surface area contributed by atoms with Crippen molar-refractivity contribution >= 4 is 40.8 Å². The van der Waals surface area contributed by atoms with Crippen LogP contribution in [0.1, 0.15) is 30.9 Å². The number of aliphatic imine (C=N–C) groups is 1. The van der Waals surface area contributed by atoms with Crippen molar-refractivity contribution in [2.24, 2.45) is 10.9 Å². The van der Waals surface area contributed by atoms with Crippen LogP contribution in [0.4, 0.5) is 0 Å². The fourth-order valence-electron chi connectivity index (χ4n) is 4.28. The van der Waals surface area contributed by atoms with E-state index in [0.717, 1.165) is 16.7 Å². The van der Waals surface area contributed by atoms with Gasteiger partial charge in [-0.3, -0.25) is 14.6 Å². The molecule has 160 valence electrons. The van der Waals surface area contributed by atoms with Crippen LogP contribution in [0, 0.1) is 5.92 Å². The second-order valence-corrected chi connectivity index (χ2v) is 8.49. The molecule has 0 spiro atoms. The van der Waals surface area contributed by atoms with Crippen molar-refractivity contribution in [2.75, 3.05) is 13.2 Å². The van der Waals surface area contributed by atoms with E-state index in [9.17, 15) is 9.59 Å². The number of nitrogens with zero attached hydrogens (tertiary/aromatic N) is 2. The van der Waals surface area contributed by atoms with E-state index in [1.165, 1.54) is 0 Å². The summed E-state index contributed by atoms with van der Waals surface area (Å²) in [5.41, 5.74) is 3.49. The SMILES string of the molecule is CCOC(=O)C1C(C)=NC2=C(CN(Cc3ccccc3)C2=O)C1c1ccc(Cl)cc1Cl. The highest BCUT2D eigenvalue weighted by Gasteiger charge is 2.46.